The Kier molecular flexibility index (Phi) is 6.24. The van der Waals surface area contributed by atoms with Gasteiger partial charge < -0.3 is 9.80 Å². The van der Waals surface area contributed by atoms with Crippen LogP contribution in [0.1, 0.15) is 31.7 Å². The molecule has 0 aromatic heterocycles. The van der Waals surface area contributed by atoms with Gasteiger partial charge in [-0.1, -0.05) is 55.5 Å². The number of hydrogen-bond acceptors (Lipinski definition) is 2. The van der Waals surface area contributed by atoms with Crippen LogP contribution in [0.4, 0.5) is 5.69 Å². The Hall–Kier alpha value is -2.13. The minimum atomic E-state index is 0.230. The largest absolute Gasteiger partial charge is 0.309 e. The summed E-state index contributed by atoms with van der Waals surface area (Å²) in [5.41, 5.74) is 2.44. The number of piperidine rings is 1. The van der Waals surface area contributed by atoms with Gasteiger partial charge in [0, 0.05) is 37.8 Å². The minimum absolute atomic E-state index is 0.230. The summed E-state index contributed by atoms with van der Waals surface area (Å²) >= 11 is 0. The Balaban J connectivity index is 1.57. The molecule has 0 bridgehead atoms. The zero-order valence-electron chi connectivity index (χ0n) is 15.1. The molecule has 25 heavy (non-hydrogen) atoms. The normalized spacial score (nSPS) is 15.9. The zero-order chi connectivity index (χ0) is 17.5. The van der Waals surface area contributed by atoms with E-state index < -0.39 is 0 Å². The van der Waals surface area contributed by atoms with E-state index in [4.69, 9.17) is 0 Å². The van der Waals surface area contributed by atoms with Gasteiger partial charge in [0.05, 0.1) is 0 Å². The monoisotopic (exact) mass is 342 g/mol. The molecule has 3 nitrogen and oxygen atoms in total. The number of likely N-dealkylation sites (tertiary alicyclic amines) is 1. The van der Waals surface area contributed by atoms with Crippen LogP contribution in [0.25, 0.3) is 0 Å². The van der Waals surface area contributed by atoms with Crippen molar-refractivity contribution in [3.63, 3.8) is 0 Å². The van der Waals surface area contributed by atoms with Crippen molar-refractivity contribution in [1.82, 2.24) is 4.90 Å². The summed E-state index contributed by atoms with van der Waals surface area (Å²) in [6.45, 7) is 5.19. The molecule has 1 saturated heterocycles. The number of benzene rings is 2. The summed E-state index contributed by atoms with van der Waals surface area (Å²) in [6.07, 6.45) is 3.76. The fourth-order valence-electron chi connectivity index (χ4n) is 3.65. The lowest BCUT2D eigenvalue weighted by Crippen LogP contribution is -2.47. The summed E-state index contributed by atoms with van der Waals surface area (Å²) in [5, 5.41) is 0. The van der Waals surface area contributed by atoms with Crippen LogP contribution < -0.4 is 4.90 Å². The quantitative estimate of drug-likeness (QED) is 0.788. The van der Waals surface area contributed by atoms with Gasteiger partial charge in [0.1, 0.15) is 0 Å². The molecule has 1 aliphatic rings. The highest BCUT2D eigenvalue weighted by molar-refractivity contribution is 5.93. The van der Waals surface area contributed by atoms with Crippen LogP contribution in [-0.4, -0.2) is 36.5 Å². The molecule has 0 atom stereocenters. The topological polar surface area (TPSA) is 23.6 Å². The van der Waals surface area contributed by atoms with Crippen molar-refractivity contribution >= 4 is 11.6 Å². The molecule has 3 heteroatoms. The second-order valence-corrected chi connectivity index (χ2v) is 6.76. The average molecular weight is 342 g/mol. The van der Waals surface area contributed by atoms with E-state index in [0.717, 1.165) is 44.6 Å². The van der Waals surface area contributed by atoms with Crippen LogP contribution >= 0.6 is 0 Å². The lowest BCUT2D eigenvalue weighted by molar-refractivity contribution is -0.119. The molecule has 0 radical (unpaired) electrons. The van der Waals surface area contributed by atoms with E-state index >= 15 is 0 Å². The first-order valence-electron chi connectivity index (χ1n) is 9.41. The highest BCUT2D eigenvalue weighted by Crippen LogP contribution is 2.24. The highest BCUT2D eigenvalue weighted by atomic mass is 16.2. The Morgan fingerprint density at radius 1 is 1.00 bits per heavy atom. The maximum atomic E-state index is 12.5. The summed E-state index contributed by atoms with van der Waals surface area (Å²) in [5.74, 6) is 0.230. The fourth-order valence-corrected chi connectivity index (χ4v) is 3.65. The lowest BCUT2D eigenvalue weighted by Gasteiger charge is -2.38. The Labute approximate surface area is 151 Å². The Morgan fingerprint density at radius 2 is 1.60 bits per heavy atom. The third-order valence-electron chi connectivity index (χ3n) is 5.09. The first kappa shape index (κ1) is 17.7. The summed E-state index contributed by atoms with van der Waals surface area (Å²) in [6, 6.07) is 21.1. The van der Waals surface area contributed by atoms with E-state index in [1.807, 2.05) is 30.0 Å². The Morgan fingerprint density at radius 3 is 2.20 bits per heavy atom. The van der Waals surface area contributed by atoms with Gasteiger partial charge in [0.2, 0.25) is 5.91 Å². The molecule has 2 aromatic rings. The van der Waals surface area contributed by atoms with E-state index in [1.54, 1.807) is 0 Å². The van der Waals surface area contributed by atoms with E-state index in [2.05, 4.69) is 47.4 Å². The van der Waals surface area contributed by atoms with Crippen molar-refractivity contribution in [1.29, 1.82) is 0 Å². The molecule has 0 unspecified atom stereocenters. The van der Waals surface area contributed by atoms with Crippen LogP contribution in [-0.2, 0) is 11.2 Å². The molecule has 1 aliphatic heterocycles. The average Bonchev–Trinajstić information content (AvgIpc) is 2.69. The first-order valence-corrected chi connectivity index (χ1v) is 9.41. The number of carbonyl (C=O) groups is 1. The molecule has 3 rings (SSSR count). The van der Waals surface area contributed by atoms with Gasteiger partial charge >= 0.3 is 0 Å². The minimum Gasteiger partial charge on any atom is -0.309 e. The summed E-state index contributed by atoms with van der Waals surface area (Å²) in [4.78, 5) is 17.1. The summed E-state index contributed by atoms with van der Waals surface area (Å²) < 4.78 is 0. The molecular weight excluding hydrogens is 314 g/mol. The van der Waals surface area contributed by atoms with Gasteiger partial charge in [0.25, 0.3) is 0 Å². The van der Waals surface area contributed by atoms with E-state index in [9.17, 15) is 4.79 Å². The predicted molar refractivity (Wildman–Crippen MR) is 104 cm³/mol. The second-order valence-electron chi connectivity index (χ2n) is 6.76. The number of hydrogen-bond donors (Lipinski definition) is 0. The third kappa shape index (κ3) is 4.70. The molecule has 0 spiro atoms. The van der Waals surface area contributed by atoms with Crippen molar-refractivity contribution in [2.45, 2.75) is 38.6 Å². The molecule has 132 valence electrons. The number of carbonyl (C=O) groups excluding carboxylic acids is 1. The maximum Gasteiger partial charge on any atom is 0.226 e. The van der Waals surface area contributed by atoms with Gasteiger partial charge in [-0.05, 0) is 37.0 Å². The van der Waals surface area contributed by atoms with Gasteiger partial charge in [-0.15, -0.1) is 0 Å². The maximum absolute atomic E-state index is 12.5. The molecular formula is C22H28N2O. The summed E-state index contributed by atoms with van der Waals surface area (Å²) in [7, 11) is 0. The van der Waals surface area contributed by atoms with Gasteiger partial charge in [-0.25, -0.2) is 0 Å². The molecule has 0 N–H and O–H groups in total. The molecule has 2 aromatic carbocycles. The van der Waals surface area contributed by atoms with Gasteiger partial charge in [-0.2, -0.15) is 0 Å². The Bertz CT molecular complexity index is 648. The van der Waals surface area contributed by atoms with Gasteiger partial charge in [0.15, 0.2) is 0 Å². The van der Waals surface area contributed by atoms with Crippen LogP contribution in [0.2, 0.25) is 0 Å². The predicted octanol–water partition coefficient (Wildman–Crippen LogP) is 4.14. The number of amides is 1. The van der Waals surface area contributed by atoms with Gasteiger partial charge in [-0.3, -0.25) is 4.79 Å². The zero-order valence-corrected chi connectivity index (χ0v) is 15.1. The fraction of sp³-hybridized carbons (Fsp3) is 0.409. The second kappa shape index (κ2) is 8.82. The number of anilines is 1. The number of rotatable bonds is 6. The molecule has 0 saturated carbocycles. The first-order chi connectivity index (χ1) is 12.3. The van der Waals surface area contributed by atoms with Crippen LogP contribution in [0, 0.1) is 0 Å². The van der Waals surface area contributed by atoms with Crippen molar-refractivity contribution < 1.29 is 4.79 Å². The third-order valence-corrected chi connectivity index (χ3v) is 5.09. The van der Waals surface area contributed by atoms with Crippen molar-refractivity contribution in [2.24, 2.45) is 0 Å². The highest BCUT2D eigenvalue weighted by Gasteiger charge is 2.28. The van der Waals surface area contributed by atoms with Crippen molar-refractivity contribution in [3.05, 3.63) is 66.2 Å². The smallest absolute Gasteiger partial charge is 0.226 e. The SMILES string of the molecule is CCC(=O)N(C1CCN(CCc2ccccc2)CC1)[13c]1[13cH][13cH][13cH][13cH][13cH]1. The van der Waals surface area contributed by atoms with Crippen molar-refractivity contribution in [2.75, 3.05) is 24.5 Å². The van der Waals surface area contributed by atoms with E-state index in [1.165, 1.54) is 5.56 Å². The van der Waals surface area contributed by atoms with Crippen molar-refractivity contribution in [3.8, 4) is 0 Å². The molecule has 1 heterocycles. The molecule has 1 amide bonds. The lowest BCUT2D eigenvalue weighted by atomic mass is 10.0. The number of nitrogens with zero attached hydrogens (tertiary/aromatic N) is 2. The molecule has 1 fully saturated rings. The van der Waals surface area contributed by atoms with E-state index in [-0.39, 0.29) is 5.91 Å². The van der Waals surface area contributed by atoms with Crippen LogP contribution in [0.15, 0.2) is 60.7 Å². The van der Waals surface area contributed by atoms with E-state index in [0.29, 0.717) is 12.5 Å². The molecule has 0 aliphatic carbocycles. The standard InChI is InChI=1S/C22H28N2O/c1-2-22(25)24(20-11-7-4-8-12-20)21-14-17-23(18-15-21)16-13-19-9-5-3-6-10-19/h3-12,21H,2,13-18H2,1H3/i4+1,7+1,8+1,11+1,12+1,20+1. The van der Waals surface area contributed by atoms with Crippen LogP contribution in [0.5, 0.6) is 0 Å². The van der Waals surface area contributed by atoms with Crippen LogP contribution in [0.3, 0.4) is 0 Å². The number of para-hydroxylation sites is 1.